The number of rotatable bonds is 15. The summed E-state index contributed by atoms with van der Waals surface area (Å²) in [4.78, 5) is 70.4. The fourth-order valence-corrected chi connectivity index (χ4v) is 8.84. The van der Waals surface area contributed by atoms with Gasteiger partial charge in [-0.3, -0.25) is 28.9 Å². The summed E-state index contributed by atoms with van der Waals surface area (Å²) in [5, 5.41) is 17.9. The monoisotopic (exact) mass is 852 g/mol. The van der Waals surface area contributed by atoms with Crippen molar-refractivity contribution in [1.29, 1.82) is 0 Å². The second kappa shape index (κ2) is 19.4. The maximum Gasteiger partial charge on any atom is 0.293 e. The first-order valence-electron chi connectivity index (χ1n) is 20.0. The maximum atomic E-state index is 14.0. The number of carbonyl (C=O) groups is 5. The number of nitrogens with zero attached hydrogens (tertiary/aromatic N) is 2. The molecule has 2 saturated heterocycles. The summed E-state index contributed by atoms with van der Waals surface area (Å²) in [5.41, 5.74) is 5.13. The molecule has 0 spiro atoms. The average molecular weight is 853 g/mol. The van der Waals surface area contributed by atoms with Gasteiger partial charge in [-0.05, 0) is 107 Å². The van der Waals surface area contributed by atoms with E-state index in [9.17, 15) is 29.1 Å². The first-order valence-corrected chi connectivity index (χ1v) is 21.6. The number of thiophene rings is 1. The Bertz CT molecular complexity index is 2260. The van der Waals surface area contributed by atoms with Crippen LogP contribution in [0.3, 0.4) is 0 Å². The Kier molecular flexibility index (Phi) is 14.3. The van der Waals surface area contributed by atoms with Crippen LogP contribution >= 0.6 is 23.1 Å². The van der Waals surface area contributed by atoms with Gasteiger partial charge in [-0.1, -0.05) is 69.3 Å². The van der Waals surface area contributed by atoms with Gasteiger partial charge in [0.25, 0.3) is 11.1 Å². The largest absolute Gasteiger partial charge is 0.457 e. The molecule has 0 aliphatic carbocycles. The second-order valence-corrected chi connectivity index (χ2v) is 18.1. The number of ether oxygens (including phenoxy) is 2. The van der Waals surface area contributed by atoms with E-state index >= 15 is 0 Å². The first-order chi connectivity index (χ1) is 28.6. The van der Waals surface area contributed by atoms with E-state index in [-0.39, 0.29) is 51.6 Å². The highest BCUT2D eigenvalue weighted by Gasteiger charge is 2.44. The van der Waals surface area contributed by atoms with Gasteiger partial charge in [0.1, 0.15) is 23.6 Å². The van der Waals surface area contributed by atoms with Crippen LogP contribution in [0.5, 0.6) is 11.5 Å². The van der Waals surface area contributed by atoms with E-state index in [0.717, 1.165) is 50.2 Å². The number of aliphatic hydroxyl groups is 1. The minimum Gasteiger partial charge on any atom is -0.457 e. The fourth-order valence-electron chi connectivity index (χ4n) is 7.04. The van der Waals surface area contributed by atoms with Gasteiger partial charge in [-0.25, -0.2) is 0 Å². The molecule has 2 fully saturated rings. The number of imide groups is 1. The highest BCUT2D eigenvalue weighted by atomic mass is 32.2. The van der Waals surface area contributed by atoms with Crippen molar-refractivity contribution in [3.05, 3.63) is 111 Å². The molecular formula is C46H52N4O8S2. The van der Waals surface area contributed by atoms with Gasteiger partial charge >= 0.3 is 0 Å². The number of likely N-dealkylation sites (tertiary alicyclic amines) is 1. The Morgan fingerprint density at radius 2 is 1.67 bits per heavy atom. The third-order valence-corrected chi connectivity index (χ3v) is 12.4. The van der Waals surface area contributed by atoms with Crippen molar-refractivity contribution in [2.45, 2.75) is 79.1 Å². The lowest BCUT2D eigenvalue weighted by atomic mass is 9.85. The molecule has 14 heteroatoms. The topological polar surface area (TPSA) is 155 Å². The molecule has 1 aromatic heterocycles. The molecule has 1 unspecified atom stereocenters. The molecule has 2 aliphatic heterocycles. The summed E-state index contributed by atoms with van der Waals surface area (Å²) in [6.07, 6.45) is 0.796. The van der Waals surface area contributed by atoms with E-state index in [1.165, 1.54) is 15.3 Å². The molecule has 3 N–H and O–H groups in total. The minimum absolute atomic E-state index is 0.00978. The molecule has 12 nitrogen and oxygen atoms in total. The zero-order valence-electron chi connectivity index (χ0n) is 34.8. The van der Waals surface area contributed by atoms with Gasteiger partial charge in [0, 0.05) is 30.8 Å². The molecule has 0 bridgehead atoms. The van der Waals surface area contributed by atoms with Crippen LogP contribution in [0.1, 0.15) is 61.4 Å². The summed E-state index contributed by atoms with van der Waals surface area (Å²) in [6.45, 7) is 11.7. The number of amides is 5. The summed E-state index contributed by atoms with van der Waals surface area (Å²) in [6, 6.07) is 21.4. The van der Waals surface area contributed by atoms with Crippen LogP contribution in [0, 0.1) is 26.2 Å². The molecular weight excluding hydrogens is 801 g/mol. The van der Waals surface area contributed by atoms with Gasteiger partial charge < -0.3 is 30.1 Å². The summed E-state index contributed by atoms with van der Waals surface area (Å²) in [7, 11) is 0. The normalized spacial score (nSPS) is 17.9. The van der Waals surface area contributed by atoms with E-state index in [0.29, 0.717) is 10.7 Å². The highest BCUT2D eigenvalue weighted by Crippen LogP contribution is 2.34. The smallest absolute Gasteiger partial charge is 0.293 e. The predicted octanol–water partition coefficient (Wildman–Crippen LogP) is 7.38. The second-order valence-electron chi connectivity index (χ2n) is 16.2. The lowest BCUT2D eigenvalue weighted by Gasteiger charge is -2.35. The Morgan fingerprint density at radius 3 is 2.35 bits per heavy atom. The highest BCUT2D eigenvalue weighted by molar-refractivity contribution is 8.18. The van der Waals surface area contributed by atoms with Crippen molar-refractivity contribution >= 4 is 58.0 Å². The van der Waals surface area contributed by atoms with Gasteiger partial charge in [-0.15, -0.1) is 11.3 Å². The number of para-hydroxylation sites is 1. The Labute approximate surface area is 359 Å². The van der Waals surface area contributed by atoms with Crippen LogP contribution in [0.4, 0.5) is 4.79 Å². The van der Waals surface area contributed by atoms with Crippen molar-refractivity contribution in [3.8, 4) is 21.9 Å². The number of aliphatic hydroxyl groups excluding tert-OH is 1. The molecule has 0 saturated carbocycles. The predicted molar refractivity (Wildman–Crippen MR) is 234 cm³/mol. The van der Waals surface area contributed by atoms with Crippen LogP contribution < -0.4 is 15.4 Å². The molecule has 3 aromatic carbocycles. The summed E-state index contributed by atoms with van der Waals surface area (Å²) < 4.78 is 11.7. The number of carbonyl (C=O) groups excluding carboxylic acids is 5. The lowest BCUT2D eigenvalue weighted by Crippen LogP contribution is -2.57. The zero-order valence-corrected chi connectivity index (χ0v) is 36.4. The molecule has 5 amide bonds. The Balaban J connectivity index is 0.962. The number of thioether (sulfide) groups is 1. The molecule has 60 heavy (non-hydrogen) atoms. The molecule has 6 rings (SSSR count). The van der Waals surface area contributed by atoms with Crippen LogP contribution in [0.2, 0.25) is 0 Å². The van der Waals surface area contributed by atoms with Crippen LogP contribution in [-0.4, -0.2) is 88.3 Å². The average Bonchev–Trinajstić information content (AvgIpc) is 3.90. The lowest BCUT2D eigenvalue weighted by molar-refractivity contribution is -0.144. The number of hydrogen-bond acceptors (Lipinski definition) is 10. The maximum absolute atomic E-state index is 14.0. The van der Waals surface area contributed by atoms with Crippen LogP contribution in [-0.2, 0) is 30.5 Å². The van der Waals surface area contributed by atoms with Crippen molar-refractivity contribution in [3.63, 3.8) is 0 Å². The van der Waals surface area contributed by atoms with E-state index < -0.39 is 46.6 Å². The third kappa shape index (κ3) is 10.9. The molecule has 3 heterocycles. The standard InChI is InChI=1S/C46H52N4O8S2/c1-28-9-7-8-10-36(28)58-37-16-13-32(23-30(37)3)24-38-43(54)49(45(56)60-38)19-21-57-20-17-39(52)48-41(46(4,5)6)44(55)50-27-34(51)25-35(50)42(53)47-26-31-11-14-33(15-12-31)40-29(2)18-22-59-40/h7-16,18,22-24,34-35,41,51H,17,19-21,25-27H2,1-6H3,(H,47,53)(H,48,52)/b38-24-/t34-,35?,41-/m1/s1. The van der Waals surface area contributed by atoms with E-state index in [1.807, 2.05) is 101 Å². The van der Waals surface area contributed by atoms with Crippen molar-refractivity contribution in [2.75, 3.05) is 26.3 Å². The molecule has 316 valence electrons. The van der Waals surface area contributed by atoms with Crippen LogP contribution in [0.15, 0.2) is 83.1 Å². The molecule has 3 atom stereocenters. The van der Waals surface area contributed by atoms with E-state index in [1.54, 1.807) is 17.4 Å². The van der Waals surface area contributed by atoms with Gasteiger partial charge in [0.2, 0.25) is 17.7 Å². The first kappa shape index (κ1) is 44.3. The van der Waals surface area contributed by atoms with Crippen LogP contribution in [0.25, 0.3) is 16.5 Å². The zero-order chi connectivity index (χ0) is 43.1. The van der Waals surface area contributed by atoms with E-state index in [2.05, 4.69) is 29.0 Å². The Hall–Kier alpha value is -5.28. The molecule has 4 aromatic rings. The van der Waals surface area contributed by atoms with Crippen molar-refractivity contribution in [1.82, 2.24) is 20.4 Å². The molecule has 2 aliphatic rings. The number of nitrogens with one attached hydrogen (secondary N) is 2. The summed E-state index contributed by atoms with van der Waals surface area (Å²) >= 11 is 2.53. The van der Waals surface area contributed by atoms with Gasteiger partial charge in [0.15, 0.2) is 0 Å². The van der Waals surface area contributed by atoms with Crippen molar-refractivity contribution < 1.29 is 38.6 Å². The number of β-amino-alcohol motifs (C(OH)–C–C–N with tert-alkyl or cyclic N) is 1. The number of aryl methyl sites for hydroxylation is 3. The van der Waals surface area contributed by atoms with E-state index in [4.69, 9.17) is 9.47 Å². The fraction of sp³-hybridized carbons (Fsp3) is 0.370. The summed E-state index contributed by atoms with van der Waals surface area (Å²) in [5.74, 6) is -0.249. The SMILES string of the molecule is Cc1ccccc1Oc1ccc(/C=C2\SC(=O)N(CCOCCC(=O)N[C@H](C(=O)N3C[C@H](O)CC3C(=O)NCc3ccc(-c4sccc4C)cc3)C(C)(C)C)C2=O)cc1C. The number of benzene rings is 3. The minimum atomic E-state index is -0.985. The van der Waals surface area contributed by atoms with Gasteiger partial charge in [0.05, 0.1) is 30.8 Å². The van der Waals surface area contributed by atoms with Crippen molar-refractivity contribution in [2.24, 2.45) is 5.41 Å². The Morgan fingerprint density at radius 1 is 0.933 bits per heavy atom. The molecule has 0 radical (unpaired) electrons. The third-order valence-electron chi connectivity index (χ3n) is 10.4. The quantitative estimate of drug-likeness (QED) is 0.0821. The number of hydrogen-bond donors (Lipinski definition) is 3. The van der Waals surface area contributed by atoms with Gasteiger partial charge in [-0.2, -0.15) is 0 Å².